The molecule has 2 heterocycles. The van der Waals surface area contributed by atoms with Gasteiger partial charge in [0.15, 0.2) is 0 Å². The topological polar surface area (TPSA) is 157 Å². The molecule has 9 nitrogen and oxygen atoms in total. The minimum atomic E-state index is -1.01. The molecule has 0 aromatic heterocycles. The van der Waals surface area contributed by atoms with E-state index in [1.807, 2.05) is 4.90 Å². The number of hydrogen-bond donors (Lipinski definition) is 5. The number of phenolic OH excluding ortho intramolecular Hbond substituents is 1. The van der Waals surface area contributed by atoms with Crippen molar-refractivity contribution < 1.29 is 28.9 Å². The zero-order chi connectivity index (χ0) is 23.7. The van der Waals surface area contributed by atoms with Crippen LogP contribution in [-0.4, -0.2) is 53.0 Å². The lowest BCUT2D eigenvalue weighted by Crippen LogP contribution is -2.51. The van der Waals surface area contributed by atoms with Crippen LogP contribution in [0.1, 0.15) is 27.6 Å². The molecule has 0 radical (unpaired) electrons. The van der Waals surface area contributed by atoms with Crippen LogP contribution < -0.4 is 17.2 Å². The third-order valence-corrected chi connectivity index (χ3v) is 5.80. The Morgan fingerprint density at radius 1 is 1.12 bits per heavy atom. The minimum absolute atomic E-state index is 0.0126. The Labute approximate surface area is 189 Å². The molecular formula is C23H25FN4O5. The van der Waals surface area contributed by atoms with Gasteiger partial charge in [0.2, 0.25) is 0 Å². The Bertz CT molecular complexity index is 1110. The van der Waals surface area contributed by atoms with Crippen LogP contribution in [0.3, 0.4) is 0 Å². The van der Waals surface area contributed by atoms with Crippen LogP contribution in [0.2, 0.25) is 0 Å². The minimum Gasteiger partial charge on any atom is -0.507 e. The lowest BCUT2D eigenvalue weighted by molar-refractivity contribution is -0.0921. The van der Waals surface area contributed by atoms with Gasteiger partial charge in [0.1, 0.15) is 29.6 Å². The number of fused-ring (bicyclic) bond motifs is 1. The Balaban J connectivity index is 1.68. The molecule has 2 fully saturated rings. The van der Waals surface area contributed by atoms with E-state index in [2.05, 4.69) is 0 Å². The lowest BCUT2D eigenvalue weighted by atomic mass is 10.0. The van der Waals surface area contributed by atoms with E-state index in [0.717, 1.165) is 17.7 Å². The average Bonchev–Trinajstić information content (AvgIpc) is 3.27. The fourth-order valence-electron chi connectivity index (χ4n) is 4.11. The quantitative estimate of drug-likeness (QED) is 0.420. The first kappa shape index (κ1) is 22.4. The van der Waals surface area contributed by atoms with E-state index in [9.17, 15) is 14.3 Å². The number of carboxylic acid groups (broad SMARTS) is 1. The first-order chi connectivity index (χ1) is 15.7. The summed E-state index contributed by atoms with van der Waals surface area (Å²) in [7, 11) is 0. The lowest BCUT2D eigenvalue weighted by Gasteiger charge is -2.43. The van der Waals surface area contributed by atoms with Crippen molar-refractivity contribution >= 4 is 11.7 Å². The van der Waals surface area contributed by atoms with Crippen LogP contribution in [-0.2, 0) is 9.47 Å². The van der Waals surface area contributed by atoms with Gasteiger partial charge in [-0.05, 0) is 42.0 Å². The summed E-state index contributed by atoms with van der Waals surface area (Å²) in [5.41, 5.74) is 19.8. The van der Waals surface area contributed by atoms with Crippen molar-refractivity contribution in [2.45, 2.75) is 18.2 Å². The van der Waals surface area contributed by atoms with Crippen LogP contribution in [0.5, 0.6) is 5.75 Å². The molecule has 10 heteroatoms. The molecule has 0 spiro atoms. The number of morpholine rings is 1. The number of aromatic hydroxyl groups is 1. The number of benzene rings is 2. The predicted molar refractivity (Wildman–Crippen MR) is 118 cm³/mol. The van der Waals surface area contributed by atoms with Gasteiger partial charge in [-0.2, -0.15) is 0 Å². The van der Waals surface area contributed by atoms with Gasteiger partial charge in [-0.3, -0.25) is 0 Å². The van der Waals surface area contributed by atoms with E-state index in [1.54, 1.807) is 12.1 Å². The van der Waals surface area contributed by atoms with Crippen molar-refractivity contribution in [3.05, 3.63) is 82.6 Å². The molecule has 2 aromatic carbocycles. The highest BCUT2D eigenvalue weighted by atomic mass is 19.1. The fraction of sp³-hybridized carbons (Fsp3) is 0.261. The largest absolute Gasteiger partial charge is 0.507 e. The number of phenols is 1. The molecule has 2 aliphatic rings. The molecule has 0 aliphatic carbocycles. The van der Waals surface area contributed by atoms with Crippen molar-refractivity contribution in [3.63, 3.8) is 0 Å². The van der Waals surface area contributed by atoms with Crippen LogP contribution in [0.4, 0.5) is 4.39 Å². The molecule has 3 atom stereocenters. The van der Waals surface area contributed by atoms with Gasteiger partial charge in [-0.25, -0.2) is 9.18 Å². The highest BCUT2D eigenvalue weighted by Crippen LogP contribution is 2.35. The Morgan fingerprint density at radius 3 is 2.52 bits per heavy atom. The average molecular weight is 456 g/mol. The first-order valence-corrected chi connectivity index (χ1v) is 10.3. The van der Waals surface area contributed by atoms with E-state index in [0.29, 0.717) is 25.5 Å². The highest BCUT2D eigenvalue weighted by Gasteiger charge is 2.42. The molecule has 8 N–H and O–H groups in total. The Morgan fingerprint density at radius 2 is 1.85 bits per heavy atom. The highest BCUT2D eigenvalue weighted by molar-refractivity contribution is 5.87. The van der Waals surface area contributed by atoms with Gasteiger partial charge >= 0.3 is 5.97 Å². The molecule has 2 saturated heterocycles. The van der Waals surface area contributed by atoms with Crippen LogP contribution in [0.15, 0.2) is 60.1 Å². The number of halogens is 1. The fourth-order valence-corrected chi connectivity index (χ4v) is 4.11. The molecular weight excluding hydrogens is 431 g/mol. The SMILES string of the molecule is NC(N)=C(/C=C(\N)c1cc(F)ccc1O)N1CC(c2ccc(C(=O)O)cc2)OC2COCC21. The van der Waals surface area contributed by atoms with Gasteiger partial charge in [0.05, 0.1) is 30.5 Å². The third kappa shape index (κ3) is 4.57. The monoisotopic (exact) mass is 456 g/mol. The van der Waals surface area contributed by atoms with Gasteiger partial charge in [0, 0.05) is 17.8 Å². The molecule has 33 heavy (non-hydrogen) atoms. The normalized spacial score (nSPS) is 22.6. The zero-order valence-corrected chi connectivity index (χ0v) is 17.6. The summed E-state index contributed by atoms with van der Waals surface area (Å²) < 4.78 is 25.6. The second-order valence-electron chi connectivity index (χ2n) is 7.95. The number of allylic oxidation sites excluding steroid dienone is 1. The van der Waals surface area contributed by atoms with Crippen LogP contribution in [0.25, 0.3) is 5.70 Å². The second kappa shape index (κ2) is 9.00. The Hall–Kier alpha value is -3.76. The maximum Gasteiger partial charge on any atom is 0.335 e. The molecule has 0 bridgehead atoms. The van der Waals surface area contributed by atoms with E-state index < -0.39 is 17.9 Å². The number of hydrogen-bond acceptors (Lipinski definition) is 8. The predicted octanol–water partition coefficient (Wildman–Crippen LogP) is 1.46. The van der Waals surface area contributed by atoms with Crippen molar-refractivity contribution in [2.75, 3.05) is 19.8 Å². The van der Waals surface area contributed by atoms with Crippen LogP contribution >= 0.6 is 0 Å². The van der Waals surface area contributed by atoms with Gasteiger partial charge in [-0.1, -0.05) is 12.1 Å². The molecule has 2 aliphatic heterocycles. The van der Waals surface area contributed by atoms with Crippen LogP contribution in [0, 0.1) is 5.82 Å². The number of rotatable bonds is 5. The molecule has 174 valence electrons. The molecule has 0 saturated carbocycles. The number of ether oxygens (including phenoxy) is 2. The standard InChI is InChI=1S/C23H25FN4O5/c24-14-5-6-19(29)15(7-14)16(25)8-17(22(26)27)28-9-20(33-21-11-32-10-18(21)28)12-1-3-13(4-2-12)23(30)31/h1-8,18,20-21,29H,9-11,25-27H2,(H,30,31)/b16-8-. The maximum absolute atomic E-state index is 13.7. The molecule has 0 amide bonds. The van der Waals surface area contributed by atoms with E-state index in [-0.39, 0.29) is 40.5 Å². The number of nitrogens with zero attached hydrogens (tertiary/aromatic N) is 1. The maximum atomic E-state index is 13.7. The number of nitrogens with two attached hydrogens (primary N) is 3. The summed E-state index contributed by atoms with van der Waals surface area (Å²) >= 11 is 0. The van der Waals surface area contributed by atoms with Crippen molar-refractivity contribution in [3.8, 4) is 5.75 Å². The summed E-state index contributed by atoms with van der Waals surface area (Å²) in [6.45, 7) is 1.08. The molecule has 4 rings (SSSR count). The van der Waals surface area contributed by atoms with Crippen molar-refractivity contribution in [2.24, 2.45) is 17.2 Å². The summed E-state index contributed by atoms with van der Waals surface area (Å²) in [6.07, 6.45) is 0.798. The van der Waals surface area contributed by atoms with E-state index in [1.165, 1.54) is 24.3 Å². The summed E-state index contributed by atoms with van der Waals surface area (Å²) in [5, 5.41) is 19.3. The number of carboxylic acids is 1. The smallest absolute Gasteiger partial charge is 0.335 e. The van der Waals surface area contributed by atoms with E-state index in [4.69, 9.17) is 31.8 Å². The van der Waals surface area contributed by atoms with Gasteiger partial charge in [-0.15, -0.1) is 0 Å². The van der Waals surface area contributed by atoms with Crippen molar-refractivity contribution in [1.82, 2.24) is 4.90 Å². The number of carbonyl (C=O) groups is 1. The zero-order valence-electron chi connectivity index (χ0n) is 17.6. The van der Waals surface area contributed by atoms with Gasteiger partial charge < -0.3 is 41.8 Å². The number of aromatic carboxylic acids is 1. The first-order valence-electron chi connectivity index (χ1n) is 10.3. The molecule has 2 aromatic rings. The summed E-state index contributed by atoms with van der Waals surface area (Å²) in [4.78, 5) is 13.1. The van der Waals surface area contributed by atoms with Crippen molar-refractivity contribution in [1.29, 1.82) is 0 Å². The van der Waals surface area contributed by atoms with Gasteiger partial charge in [0.25, 0.3) is 0 Å². The van der Waals surface area contributed by atoms with E-state index >= 15 is 0 Å². The summed E-state index contributed by atoms with van der Waals surface area (Å²) in [6, 6.07) is 9.71. The molecule has 3 unspecified atom stereocenters. The second-order valence-corrected chi connectivity index (χ2v) is 7.95. The Kier molecular flexibility index (Phi) is 6.12. The summed E-state index contributed by atoms with van der Waals surface area (Å²) in [5.74, 6) is -1.76. The third-order valence-electron chi connectivity index (χ3n) is 5.80.